The SMILES string of the molecule is C[C@@H]1N=C(c2c(F)cccc2F)c2c(cnc(C(F)(F)F)c2Cl)N=C1N. The highest BCUT2D eigenvalue weighted by Gasteiger charge is 2.38. The number of pyridine rings is 1. The number of aromatic nitrogens is 1. The Morgan fingerprint density at radius 2 is 1.73 bits per heavy atom. The molecule has 0 saturated carbocycles. The van der Waals surface area contributed by atoms with Crippen molar-refractivity contribution in [1.82, 2.24) is 4.98 Å². The van der Waals surface area contributed by atoms with E-state index in [-0.39, 0.29) is 17.1 Å². The lowest BCUT2D eigenvalue weighted by molar-refractivity contribution is -0.141. The summed E-state index contributed by atoms with van der Waals surface area (Å²) in [5.74, 6) is -2.08. The fourth-order valence-corrected chi connectivity index (χ4v) is 2.80. The highest BCUT2D eigenvalue weighted by atomic mass is 35.5. The van der Waals surface area contributed by atoms with Crippen LogP contribution in [-0.2, 0) is 6.18 Å². The molecule has 0 aliphatic carbocycles. The van der Waals surface area contributed by atoms with Gasteiger partial charge in [0, 0.05) is 5.56 Å². The first-order valence-corrected chi connectivity index (χ1v) is 7.61. The van der Waals surface area contributed by atoms with E-state index in [1.54, 1.807) is 0 Å². The molecule has 0 spiro atoms. The first-order chi connectivity index (χ1) is 12.1. The second-order valence-electron chi connectivity index (χ2n) is 5.47. The third-order valence-corrected chi connectivity index (χ3v) is 4.07. The Morgan fingerprint density at radius 3 is 2.31 bits per heavy atom. The van der Waals surface area contributed by atoms with Crippen LogP contribution in [0.1, 0.15) is 23.7 Å². The Labute approximate surface area is 149 Å². The van der Waals surface area contributed by atoms with Gasteiger partial charge in [-0.2, -0.15) is 13.2 Å². The first-order valence-electron chi connectivity index (χ1n) is 7.23. The normalized spacial score (nSPS) is 17.3. The Balaban J connectivity index is 2.40. The van der Waals surface area contributed by atoms with Crippen LogP contribution in [0.4, 0.5) is 27.6 Å². The number of amidine groups is 1. The number of halogens is 6. The molecule has 10 heteroatoms. The summed E-state index contributed by atoms with van der Waals surface area (Å²) < 4.78 is 68.1. The molecule has 0 amide bonds. The molecule has 4 nitrogen and oxygen atoms in total. The number of aliphatic imine (C=N–C) groups is 2. The summed E-state index contributed by atoms with van der Waals surface area (Å²) in [6, 6.07) is 2.19. The molecule has 1 atom stereocenters. The molecule has 0 unspecified atom stereocenters. The maximum atomic E-state index is 14.3. The van der Waals surface area contributed by atoms with E-state index in [9.17, 15) is 22.0 Å². The molecule has 1 aliphatic heterocycles. The topological polar surface area (TPSA) is 63.6 Å². The predicted molar refractivity (Wildman–Crippen MR) is 87.0 cm³/mol. The molecular weight excluding hydrogens is 379 g/mol. The van der Waals surface area contributed by atoms with Crippen LogP contribution in [-0.4, -0.2) is 22.6 Å². The quantitative estimate of drug-likeness (QED) is 0.742. The summed E-state index contributed by atoms with van der Waals surface area (Å²) in [5, 5.41) is -0.859. The van der Waals surface area contributed by atoms with Gasteiger partial charge in [0.05, 0.1) is 28.2 Å². The van der Waals surface area contributed by atoms with E-state index < -0.39 is 45.8 Å². The second-order valence-corrected chi connectivity index (χ2v) is 5.84. The molecule has 0 bridgehead atoms. The first kappa shape index (κ1) is 18.2. The predicted octanol–water partition coefficient (Wildman–Crippen LogP) is 4.26. The van der Waals surface area contributed by atoms with Crippen molar-refractivity contribution >= 4 is 28.8 Å². The highest BCUT2D eigenvalue weighted by molar-refractivity contribution is 6.37. The molecule has 1 aromatic carbocycles. The summed E-state index contributed by atoms with van der Waals surface area (Å²) in [7, 11) is 0. The van der Waals surface area contributed by atoms with E-state index in [1.165, 1.54) is 6.92 Å². The Bertz CT molecular complexity index is 932. The van der Waals surface area contributed by atoms with E-state index in [0.717, 1.165) is 24.4 Å². The molecule has 26 heavy (non-hydrogen) atoms. The number of benzene rings is 1. The molecule has 136 valence electrons. The van der Waals surface area contributed by atoms with Crippen LogP contribution in [0.3, 0.4) is 0 Å². The molecule has 3 rings (SSSR count). The van der Waals surface area contributed by atoms with Crippen molar-refractivity contribution in [3.63, 3.8) is 0 Å². The maximum Gasteiger partial charge on any atom is 0.434 e. The van der Waals surface area contributed by atoms with Gasteiger partial charge in [0.1, 0.15) is 23.5 Å². The molecular formula is C16H10ClF5N4. The van der Waals surface area contributed by atoms with Crippen molar-refractivity contribution in [1.29, 1.82) is 0 Å². The summed E-state index contributed by atoms with van der Waals surface area (Å²) >= 11 is 5.91. The summed E-state index contributed by atoms with van der Waals surface area (Å²) in [6.45, 7) is 1.48. The van der Waals surface area contributed by atoms with Gasteiger partial charge in [-0.15, -0.1) is 0 Å². The van der Waals surface area contributed by atoms with Gasteiger partial charge < -0.3 is 5.73 Å². The number of fused-ring (bicyclic) bond motifs is 1. The third kappa shape index (κ3) is 3.03. The smallest absolute Gasteiger partial charge is 0.385 e. The minimum Gasteiger partial charge on any atom is -0.385 e. The third-order valence-electron chi connectivity index (χ3n) is 3.70. The average Bonchev–Trinajstić information content (AvgIpc) is 2.64. The number of hydrogen-bond donors (Lipinski definition) is 1. The van der Waals surface area contributed by atoms with Crippen molar-refractivity contribution in [3.8, 4) is 0 Å². The van der Waals surface area contributed by atoms with Crippen molar-refractivity contribution in [2.75, 3.05) is 0 Å². The zero-order chi connectivity index (χ0) is 19.2. The lowest BCUT2D eigenvalue weighted by Gasteiger charge is -2.15. The molecule has 0 saturated heterocycles. The second kappa shape index (κ2) is 6.31. The van der Waals surface area contributed by atoms with E-state index in [4.69, 9.17) is 17.3 Å². The van der Waals surface area contributed by atoms with Crippen LogP contribution in [0.25, 0.3) is 0 Å². The van der Waals surface area contributed by atoms with Crippen LogP contribution in [0.5, 0.6) is 0 Å². The van der Waals surface area contributed by atoms with E-state index in [2.05, 4.69) is 15.0 Å². The largest absolute Gasteiger partial charge is 0.434 e. The summed E-state index contributed by atoms with van der Waals surface area (Å²) in [6.07, 6.45) is -4.08. The number of nitrogens with two attached hydrogens (primary N) is 1. The lowest BCUT2D eigenvalue weighted by Crippen LogP contribution is -2.24. The number of hydrogen-bond acceptors (Lipinski definition) is 4. The molecule has 2 aromatic rings. The standard InChI is InChI=1S/C16H10ClF5N4/c1-6-15(23)26-9-5-24-14(16(20,21)22)12(17)11(9)13(25-6)10-7(18)3-2-4-8(10)19/h2-6H,1H3,(H2,23,26)/t6-/m0/s1. The van der Waals surface area contributed by atoms with Crippen LogP contribution in [0.2, 0.25) is 5.02 Å². The lowest BCUT2D eigenvalue weighted by atomic mass is 9.99. The average molecular weight is 389 g/mol. The Kier molecular flexibility index (Phi) is 4.43. The zero-order valence-electron chi connectivity index (χ0n) is 13.1. The van der Waals surface area contributed by atoms with Gasteiger partial charge in [-0.05, 0) is 19.1 Å². The van der Waals surface area contributed by atoms with Crippen molar-refractivity contribution < 1.29 is 22.0 Å². The van der Waals surface area contributed by atoms with E-state index in [0.29, 0.717) is 0 Å². The zero-order valence-corrected chi connectivity index (χ0v) is 13.8. The summed E-state index contributed by atoms with van der Waals surface area (Å²) in [4.78, 5) is 11.3. The number of alkyl halides is 3. The van der Waals surface area contributed by atoms with E-state index >= 15 is 0 Å². The van der Waals surface area contributed by atoms with Crippen molar-refractivity contribution in [2.45, 2.75) is 19.1 Å². The Hall–Kier alpha value is -2.55. The molecule has 1 aromatic heterocycles. The highest BCUT2D eigenvalue weighted by Crippen LogP contribution is 2.40. The molecule has 1 aliphatic rings. The monoisotopic (exact) mass is 388 g/mol. The van der Waals surface area contributed by atoms with Crippen LogP contribution < -0.4 is 5.73 Å². The summed E-state index contributed by atoms with van der Waals surface area (Å²) in [5.41, 5.74) is 2.76. The van der Waals surface area contributed by atoms with Gasteiger partial charge >= 0.3 is 6.18 Å². The van der Waals surface area contributed by atoms with Crippen LogP contribution in [0, 0.1) is 11.6 Å². The van der Waals surface area contributed by atoms with Gasteiger partial charge in [-0.3, -0.25) is 4.99 Å². The van der Waals surface area contributed by atoms with Gasteiger partial charge in [-0.1, -0.05) is 17.7 Å². The number of rotatable bonds is 1. The van der Waals surface area contributed by atoms with Crippen LogP contribution in [0.15, 0.2) is 34.4 Å². The Morgan fingerprint density at radius 1 is 1.12 bits per heavy atom. The minimum atomic E-state index is -4.88. The minimum absolute atomic E-state index is 0.0596. The van der Waals surface area contributed by atoms with Crippen molar-refractivity contribution in [3.05, 3.63) is 57.9 Å². The fraction of sp³-hybridized carbons (Fsp3) is 0.188. The van der Waals surface area contributed by atoms with Gasteiger partial charge in [0.25, 0.3) is 0 Å². The van der Waals surface area contributed by atoms with Crippen LogP contribution >= 0.6 is 11.6 Å². The molecule has 2 heterocycles. The molecule has 0 fully saturated rings. The molecule has 2 N–H and O–H groups in total. The van der Waals surface area contributed by atoms with E-state index in [1.807, 2.05) is 0 Å². The van der Waals surface area contributed by atoms with Gasteiger partial charge in [0.2, 0.25) is 0 Å². The maximum absolute atomic E-state index is 14.3. The van der Waals surface area contributed by atoms with Crippen molar-refractivity contribution in [2.24, 2.45) is 15.7 Å². The number of nitrogens with zero attached hydrogens (tertiary/aromatic N) is 3. The molecule has 0 radical (unpaired) electrons. The fourth-order valence-electron chi connectivity index (χ4n) is 2.46. The van der Waals surface area contributed by atoms with Gasteiger partial charge in [0.15, 0.2) is 5.69 Å². The van der Waals surface area contributed by atoms with Gasteiger partial charge in [-0.25, -0.2) is 18.8 Å².